The fraction of sp³-hybridized carbons (Fsp3) is 0.733. The van der Waals surface area contributed by atoms with E-state index in [0.717, 1.165) is 16.6 Å². The van der Waals surface area contributed by atoms with E-state index in [4.69, 9.17) is 0 Å². The Morgan fingerprint density at radius 3 is 2.39 bits per heavy atom. The van der Waals surface area contributed by atoms with Gasteiger partial charge in [-0.15, -0.1) is 11.3 Å². The largest absolute Gasteiger partial charge is 0.393 e. The molecule has 1 rings (SSSR count). The molecule has 0 amide bonds. The van der Waals surface area contributed by atoms with Crippen LogP contribution >= 0.6 is 27.3 Å². The Kier molecular flexibility index (Phi) is 8.99. The van der Waals surface area contributed by atoms with Crippen molar-refractivity contribution in [1.82, 2.24) is 0 Å². The second kappa shape index (κ2) is 9.99. The van der Waals surface area contributed by atoms with Crippen LogP contribution in [0.25, 0.3) is 0 Å². The number of unbranched alkanes of at least 4 members (excludes halogenated alkanes) is 6. The lowest BCUT2D eigenvalue weighted by Gasteiger charge is -2.08. The molecule has 0 radical (unpaired) electrons. The molecule has 0 saturated carbocycles. The van der Waals surface area contributed by atoms with Crippen LogP contribution in [0.5, 0.6) is 0 Å². The maximum absolute atomic E-state index is 9.94. The maximum atomic E-state index is 9.94. The molecule has 0 fully saturated rings. The second-order valence-electron chi connectivity index (χ2n) is 4.97. The van der Waals surface area contributed by atoms with Crippen molar-refractivity contribution >= 4 is 27.3 Å². The van der Waals surface area contributed by atoms with Gasteiger partial charge in [-0.25, -0.2) is 0 Å². The molecule has 104 valence electrons. The Bertz CT molecular complexity index is 311. The van der Waals surface area contributed by atoms with Crippen LogP contribution in [0.15, 0.2) is 15.9 Å². The van der Waals surface area contributed by atoms with Crippen LogP contribution in [0.4, 0.5) is 0 Å². The van der Waals surface area contributed by atoms with Crippen molar-refractivity contribution in [2.75, 3.05) is 0 Å². The third-order valence-electron chi connectivity index (χ3n) is 3.21. The molecule has 0 spiro atoms. The summed E-state index contributed by atoms with van der Waals surface area (Å²) < 4.78 is 1.15. The van der Waals surface area contributed by atoms with Crippen LogP contribution in [0.1, 0.15) is 63.2 Å². The van der Waals surface area contributed by atoms with E-state index in [1.165, 1.54) is 49.8 Å². The Labute approximate surface area is 124 Å². The zero-order valence-corrected chi connectivity index (χ0v) is 13.7. The van der Waals surface area contributed by atoms with E-state index in [1.54, 1.807) is 11.3 Å². The molecule has 0 saturated heterocycles. The minimum Gasteiger partial charge on any atom is -0.393 e. The van der Waals surface area contributed by atoms with Gasteiger partial charge in [-0.2, -0.15) is 0 Å². The monoisotopic (exact) mass is 332 g/mol. The van der Waals surface area contributed by atoms with Gasteiger partial charge in [-0.05, 0) is 34.5 Å². The first-order chi connectivity index (χ1) is 8.72. The molecule has 0 aliphatic heterocycles. The summed E-state index contributed by atoms with van der Waals surface area (Å²) in [6.45, 7) is 2.25. The van der Waals surface area contributed by atoms with Crippen molar-refractivity contribution in [3.05, 3.63) is 20.8 Å². The number of hydrogen-bond acceptors (Lipinski definition) is 2. The summed E-state index contributed by atoms with van der Waals surface area (Å²) in [6.07, 6.45) is 10.8. The summed E-state index contributed by atoms with van der Waals surface area (Å²) in [5.74, 6) is 0. The van der Waals surface area contributed by atoms with Crippen molar-refractivity contribution in [2.45, 2.75) is 70.8 Å². The highest BCUT2D eigenvalue weighted by molar-refractivity contribution is 9.11. The number of hydrogen-bond donors (Lipinski definition) is 1. The Morgan fingerprint density at radius 1 is 1.11 bits per heavy atom. The van der Waals surface area contributed by atoms with E-state index in [0.29, 0.717) is 0 Å². The van der Waals surface area contributed by atoms with Gasteiger partial charge < -0.3 is 5.11 Å². The van der Waals surface area contributed by atoms with Gasteiger partial charge in [0.05, 0.1) is 9.89 Å². The van der Waals surface area contributed by atoms with Gasteiger partial charge in [0.2, 0.25) is 0 Å². The molecule has 1 unspecified atom stereocenters. The number of aliphatic hydroxyl groups is 1. The van der Waals surface area contributed by atoms with E-state index in [1.807, 2.05) is 0 Å². The third kappa shape index (κ3) is 7.55. The van der Waals surface area contributed by atoms with Crippen LogP contribution in [0.3, 0.4) is 0 Å². The first-order valence-electron chi connectivity index (χ1n) is 7.14. The number of rotatable bonds is 10. The van der Waals surface area contributed by atoms with E-state index < -0.39 is 0 Å². The molecule has 1 aromatic rings. The van der Waals surface area contributed by atoms with Gasteiger partial charge in [0, 0.05) is 11.3 Å². The fourth-order valence-electron chi connectivity index (χ4n) is 2.13. The lowest BCUT2D eigenvalue weighted by atomic mass is 10.0. The molecule has 1 atom stereocenters. The smallest absolute Gasteiger partial charge is 0.0701 e. The van der Waals surface area contributed by atoms with Crippen LogP contribution < -0.4 is 0 Å². The highest BCUT2D eigenvalue weighted by Crippen LogP contribution is 2.24. The normalized spacial score (nSPS) is 12.8. The summed E-state index contributed by atoms with van der Waals surface area (Å²) in [5.41, 5.74) is 0. The predicted octanol–water partition coefficient (Wildman–Crippen LogP) is 5.55. The third-order valence-corrected chi connectivity index (χ3v) is 4.85. The quantitative estimate of drug-likeness (QED) is 0.556. The fourth-order valence-corrected chi connectivity index (χ4v) is 3.69. The van der Waals surface area contributed by atoms with E-state index in [-0.39, 0.29) is 6.10 Å². The predicted molar refractivity (Wildman–Crippen MR) is 84.3 cm³/mol. The summed E-state index contributed by atoms with van der Waals surface area (Å²) in [7, 11) is 0. The van der Waals surface area contributed by atoms with Gasteiger partial charge in [0.1, 0.15) is 0 Å². The summed E-state index contributed by atoms with van der Waals surface area (Å²) in [6, 6.07) is 4.16. The van der Waals surface area contributed by atoms with Gasteiger partial charge in [-0.3, -0.25) is 0 Å². The molecule has 1 N–H and O–H groups in total. The zero-order valence-electron chi connectivity index (χ0n) is 11.3. The minimum atomic E-state index is -0.161. The first kappa shape index (κ1) is 16.2. The molecule has 1 heterocycles. The second-order valence-corrected chi connectivity index (χ2v) is 7.52. The van der Waals surface area contributed by atoms with Gasteiger partial charge in [0.15, 0.2) is 0 Å². The average Bonchev–Trinajstić information content (AvgIpc) is 2.73. The van der Waals surface area contributed by atoms with Gasteiger partial charge in [0.25, 0.3) is 0 Å². The molecule has 3 heteroatoms. The Hall–Kier alpha value is 0.140. The van der Waals surface area contributed by atoms with E-state index in [9.17, 15) is 5.11 Å². The van der Waals surface area contributed by atoms with Gasteiger partial charge in [-0.1, -0.05) is 51.9 Å². The molecule has 1 nitrogen and oxygen atoms in total. The lowest BCUT2D eigenvalue weighted by molar-refractivity contribution is 0.161. The number of thiophene rings is 1. The van der Waals surface area contributed by atoms with Crippen LogP contribution in [0, 0.1) is 0 Å². The average molecular weight is 333 g/mol. The van der Waals surface area contributed by atoms with Crippen molar-refractivity contribution in [2.24, 2.45) is 0 Å². The molecule has 1 aromatic heterocycles. The molecule has 0 aliphatic rings. The molecule has 0 aromatic carbocycles. The van der Waals surface area contributed by atoms with Gasteiger partial charge >= 0.3 is 0 Å². The van der Waals surface area contributed by atoms with Crippen molar-refractivity contribution in [1.29, 1.82) is 0 Å². The molecule has 0 bridgehead atoms. The van der Waals surface area contributed by atoms with Crippen LogP contribution in [-0.4, -0.2) is 11.2 Å². The summed E-state index contributed by atoms with van der Waals surface area (Å²) in [4.78, 5) is 1.28. The van der Waals surface area contributed by atoms with Crippen LogP contribution in [-0.2, 0) is 6.42 Å². The molecule has 18 heavy (non-hydrogen) atoms. The lowest BCUT2D eigenvalue weighted by Crippen LogP contribution is -2.09. The summed E-state index contributed by atoms with van der Waals surface area (Å²) in [5, 5.41) is 9.94. The number of halogens is 1. The maximum Gasteiger partial charge on any atom is 0.0701 e. The van der Waals surface area contributed by atoms with E-state index >= 15 is 0 Å². The molecular formula is C15H25BrOS. The van der Waals surface area contributed by atoms with Crippen molar-refractivity contribution in [3.8, 4) is 0 Å². The topological polar surface area (TPSA) is 20.2 Å². The highest BCUT2D eigenvalue weighted by Gasteiger charge is 2.07. The Balaban J connectivity index is 1.98. The molecule has 0 aliphatic carbocycles. The standard InChI is InChI=1S/C15H25BrOS/c1-2-3-4-5-6-7-8-9-13(17)12-14-10-11-15(16)18-14/h10-11,13,17H,2-9,12H2,1H3. The van der Waals surface area contributed by atoms with E-state index in [2.05, 4.69) is 35.0 Å². The molecular weight excluding hydrogens is 308 g/mol. The summed E-state index contributed by atoms with van der Waals surface area (Å²) >= 11 is 5.18. The van der Waals surface area contributed by atoms with Crippen molar-refractivity contribution in [3.63, 3.8) is 0 Å². The first-order valence-corrected chi connectivity index (χ1v) is 8.75. The van der Waals surface area contributed by atoms with Crippen molar-refractivity contribution < 1.29 is 5.11 Å². The zero-order chi connectivity index (χ0) is 13.2. The Morgan fingerprint density at radius 2 is 1.78 bits per heavy atom. The highest BCUT2D eigenvalue weighted by atomic mass is 79.9. The SMILES string of the molecule is CCCCCCCCCC(O)Cc1ccc(Br)s1. The van der Waals surface area contributed by atoms with Crippen LogP contribution in [0.2, 0.25) is 0 Å². The minimum absolute atomic E-state index is 0.161. The number of aliphatic hydroxyl groups excluding tert-OH is 1.